The van der Waals surface area contributed by atoms with Gasteiger partial charge in [0.05, 0.1) is 6.10 Å². The summed E-state index contributed by atoms with van der Waals surface area (Å²) >= 11 is 0. The van der Waals surface area contributed by atoms with E-state index in [1.807, 2.05) is 0 Å². The molecule has 1 unspecified atom stereocenters. The lowest BCUT2D eigenvalue weighted by atomic mass is 10.1. The Hall–Kier alpha value is -0.0400. The van der Waals surface area contributed by atoms with Gasteiger partial charge >= 0.3 is 0 Å². The second-order valence-electron chi connectivity index (χ2n) is 4.96. The highest BCUT2D eigenvalue weighted by Gasteiger charge is 2.17. The SMILES string of the molecule is CN=C(NCC1CCCO1)NC(C)(C)C.I. The van der Waals surface area contributed by atoms with Crippen LogP contribution in [0.2, 0.25) is 0 Å². The molecule has 1 heterocycles. The number of ether oxygens (including phenoxy) is 1. The van der Waals surface area contributed by atoms with Gasteiger partial charge in [-0.15, -0.1) is 24.0 Å². The van der Waals surface area contributed by atoms with E-state index >= 15 is 0 Å². The number of nitrogens with zero attached hydrogens (tertiary/aromatic N) is 1. The first-order valence-electron chi connectivity index (χ1n) is 5.62. The van der Waals surface area contributed by atoms with Crippen LogP contribution in [0.5, 0.6) is 0 Å². The first-order chi connectivity index (χ1) is 7.01. The summed E-state index contributed by atoms with van der Waals surface area (Å²) in [7, 11) is 1.79. The topological polar surface area (TPSA) is 45.7 Å². The van der Waals surface area contributed by atoms with Crippen molar-refractivity contribution in [3.8, 4) is 0 Å². The van der Waals surface area contributed by atoms with Crippen molar-refractivity contribution in [3.05, 3.63) is 0 Å². The third-order valence-corrected chi connectivity index (χ3v) is 2.24. The van der Waals surface area contributed by atoms with Crippen LogP contribution in [0.25, 0.3) is 0 Å². The van der Waals surface area contributed by atoms with E-state index in [9.17, 15) is 0 Å². The zero-order chi connectivity index (χ0) is 11.3. The van der Waals surface area contributed by atoms with E-state index in [-0.39, 0.29) is 29.5 Å². The third kappa shape index (κ3) is 6.52. The molecule has 5 heteroatoms. The predicted octanol–water partition coefficient (Wildman–Crippen LogP) is 1.75. The van der Waals surface area contributed by atoms with E-state index in [0.29, 0.717) is 6.10 Å². The fourth-order valence-corrected chi connectivity index (χ4v) is 1.55. The number of guanidine groups is 1. The zero-order valence-electron chi connectivity index (χ0n) is 10.7. The summed E-state index contributed by atoms with van der Waals surface area (Å²) in [5.41, 5.74) is 0.0401. The van der Waals surface area contributed by atoms with Crippen LogP contribution in [-0.2, 0) is 4.74 Å². The average molecular weight is 341 g/mol. The van der Waals surface area contributed by atoms with Crippen LogP contribution in [0, 0.1) is 0 Å². The van der Waals surface area contributed by atoms with E-state index in [2.05, 4.69) is 36.4 Å². The number of nitrogens with one attached hydrogen (secondary N) is 2. The quantitative estimate of drug-likeness (QED) is 0.457. The molecule has 0 aromatic heterocycles. The smallest absolute Gasteiger partial charge is 0.191 e. The summed E-state index contributed by atoms with van der Waals surface area (Å²) in [6.45, 7) is 8.09. The summed E-state index contributed by atoms with van der Waals surface area (Å²) < 4.78 is 5.53. The van der Waals surface area contributed by atoms with Crippen molar-refractivity contribution < 1.29 is 4.74 Å². The predicted molar refractivity (Wildman–Crippen MR) is 78.6 cm³/mol. The molecule has 16 heavy (non-hydrogen) atoms. The standard InChI is InChI=1S/C11H23N3O.HI/c1-11(2,3)14-10(12-4)13-8-9-6-5-7-15-9;/h9H,5-8H2,1-4H3,(H2,12,13,14);1H. The largest absolute Gasteiger partial charge is 0.376 e. The van der Waals surface area contributed by atoms with Gasteiger partial charge in [0.2, 0.25) is 0 Å². The molecule has 1 aliphatic heterocycles. The van der Waals surface area contributed by atoms with Gasteiger partial charge in [0.15, 0.2) is 5.96 Å². The number of hydrogen-bond acceptors (Lipinski definition) is 2. The van der Waals surface area contributed by atoms with Gasteiger partial charge in [0, 0.05) is 25.7 Å². The molecule has 0 bridgehead atoms. The van der Waals surface area contributed by atoms with E-state index in [1.165, 1.54) is 6.42 Å². The number of halogens is 1. The number of hydrogen-bond donors (Lipinski definition) is 2. The molecule has 0 aliphatic carbocycles. The van der Waals surface area contributed by atoms with E-state index in [1.54, 1.807) is 7.05 Å². The fraction of sp³-hybridized carbons (Fsp3) is 0.909. The molecule has 0 radical (unpaired) electrons. The van der Waals surface area contributed by atoms with Gasteiger partial charge in [-0.1, -0.05) is 0 Å². The Morgan fingerprint density at radius 2 is 2.12 bits per heavy atom. The first-order valence-corrected chi connectivity index (χ1v) is 5.62. The molecule has 2 N–H and O–H groups in total. The van der Waals surface area contributed by atoms with Crippen LogP contribution in [0.15, 0.2) is 4.99 Å². The molecular formula is C11H24IN3O. The summed E-state index contributed by atoms with van der Waals surface area (Å²) in [5.74, 6) is 0.845. The second kappa shape index (κ2) is 7.32. The Bertz CT molecular complexity index is 220. The van der Waals surface area contributed by atoms with Crippen LogP contribution >= 0.6 is 24.0 Å². The van der Waals surface area contributed by atoms with Gasteiger partial charge in [-0.25, -0.2) is 0 Å². The first kappa shape index (κ1) is 16.0. The highest BCUT2D eigenvalue weighted by molar-refractivity contribution is 14.0. The zero-order valence-corrected chi connectivity index (χ0v) is 13.0. The molecule has 0 aromatic rings. The van der Waals surface area contributed by atoms with Crippen molar-refractivity contribution in [3.63, 3.8) is 0 Å². The lowest BCUT2D eigenvalue weighted by molar-refractivity contribution is 0.113. The molecule has 96 valence electrons. The van der Waals surface area contributed by atoms with Crippen LogP contribution in [0.4, 0.5) is 0 Å². The molecule has 1 fully saturated rings. The molecule has 4 nitrogen and oxygen atoms in total. The Labute approximate surface area is 116 Å². The van der Waals surface area contributed by atoms with Crippen LogP contribution in [-0.4, -0.2) is 37.8 Å². The van der Waals surface area contributed by atoms with Crippen LogP contribution < -0.4 is 10.6 Å². The van der Waals surface area contributed by atoms with Crippen molar-refractivity contribution in [2.24, 2.45) is 4.99 Å². The summed E-state index contributed by atoms with van der Waals surface area (Å²) in [6, 6.07) is 0. The molecule has 0 saturated carbocycles. The third-order valence-electron chi connectivity index (χ3n) is 2.24. The minimum absolute atomic E-state index is 0. The minimum Gasteiger partial charge on any atom is -0.376 e. The van der Waals surface area contributed by atoms with Gasteiger partial charge in [0.25, 0.3) is 0 Å². The van der Waals surface area contributed by atoms with Gasteiger partial charge in [-0.2, -0.15) is 0 Å². The van der Waals surface area contributed by atoms with Crippen molar-refractivity contribution >= 4 is 29.9 Å². The Balaban J connectivity index is 0.00000225. The van der Waals surface area contributed by atoms with Gasteiger partial charge in [-0.05, 0) is 33.6 Å². The van der Waals surface area contributed by atoms with Crippen LogP contribution in [0.3, 0.4) is 0 Å². The molecule has 1 aliphatic rings. The Morgan fingerprint density at radius 3 is 2.56 bits per heavy atom. The van der Waals surface area contributed by atoms with E-state index in [0.717, 1.165) is 25.5 Å². The van der Waals surface area contributed by atoms with Crippen molar-refractivity contribution in [1.29, 1.82) is 0 Å². The summed E-state index contributed by atoms with van der Waals surface area (Å²) in [5, 5.41) is 6.59. The highest BCUT2D eigenvalue weighted by Crippen LogP contribution is 2.10. The molecule has 1 saturated heterocycles. The monoisotopic (exact) mass is 341 g/mol. The van der Waals surface area contributed by atoms with Crippen LogP contribution in [0.1, 0.15) is 33.6 Å². The lowest BCUT2D eigenvalue weighted by Gasteiger charge is -2.24. The maximum atomic E-state index is 5.53. The van der Waals surface area contributed by atoms with Gasteiger partial charge < -0.3 is 15.4 Å². The molecule has 1 rings (SSSR count). The minimum atomic E-state index is 0. The number of rotatable bonds is 2. The molecular weight excluding hydrogens is 317 g/mol. The summed E-state index contributed by atoms with van der Waals surface area (Å²) in [4.78, 5) is 4.17. The van der Waals surface area contributed by atoms with Gasteiger partial charge in [-0.3, -0.25) is 4.99 Å². The van der Waals surface area contributed by atoms with Gasteiger partial charge in [0.1, 0.15) is 0 Å². The molecule has 0 aromatic carbocycles. The second-order valence-corrected chi connectivity index (χ2v) is 4.96. The summed E-state index contributed by atoms with van der Waals surface area (Å²) in [6.07, 6.45) is 2.68. The van der Waals surface area contributed by atoms with E-state index < -0.39 is 0 Å². The maximum absolute atomic E-state index is 5.53. The van der Waals surface area contributed by atoms with Crippen molar-refractivity contribution in [2.45, 2.75) is 45.3 Å². The van der Waals surface area contributed by atoms with Crippen molar-refractivity contribution in [1.82, 2.24) is 10.6 Å². The number of aliphatic imine (C=N–C) groups is 1. The highest BCUT2D eigenvalue weighted by atomic mass is 127. The fourth-order valence-electron chi connectivity index (χ4n) is 1.55. The van der Waals surface area contributed by atoms with Crippen molar-refractivity contribution in [2.75, 3.05) is 20.2 Å². The average Bonchev–Trinajstić information content (AvgIpc) is 2.62. The lowest BCUT2D eigenvalue weighted by Crippen LogP contribution is -2.49. The molecule has 0 spiro atoms. The van der Waals surface area contributed by atoms with E-state index in [4.69, 9.17) is 4.74 Å². The normalized spacial score (nSPS) is 21.5. The molecule has 0 amide bonds. The molecule has 1 atom stereocenters. The Kier molecular flexibility index (Phi) is 7.30. The Morgan fingerprint density at radius 1 is 1.44 bits per heavy atom. The maximum Gasteiger partial charge on any atom is 0.191 e.